The summed E-state index contributed by atoms with van der Waals surface area (Å²) < 4.78 is 28.5. The van der Waals surface area contributed by atoms with Crippen LogP contribution in [0.1, 0.15) is 17.2 Å². The van der Waals surface area contributed by atoms with Crippen LogP contribution in [0.4, 0.5) is 0 Å². The van der Waals surface area contributed by atoms with Crippen molar-refractivity contribution in [3.8, 4) is 0 Å². The number of rotatable bonds is 3. The zero-order chi connectivity index (χ0) is 16.4. The van der Waals surface area contributed by atoms with E-state index in [0.717, 1.165) is 15.6 Å². The van der Waals surface area contributed by atoms with Crippen molar-refractivity contribution in [2.75, 3.05) is 19.6 Å². The van der Waals surface area contributed by atoms with E-state index in [1.807, 2.05) is 25.1 Å². The molecule has 0 radical (unpaired) electrons. The summed E-state index contributed by atoms with van der Waals surface area (Å²) >= 11 is 3.42. The van der Waals surface area contributed by atoms with E-state index >= 15 is 0 Å². The van der Waals surface area contributed by atoms with Crippen molar-refractivity contribution < 1.29 is 8.42 Å². The van der Waals surface area contributed by atoms with E-state index in [-0.39, 0.29) is 18.4 Å². The van der Waals surface area contributed by atoms with Crippen LogP contribution in [-0.4, -0.2) is 37.3 Å². The van der Waals surface area contributed by atoms with Gasteiger partial charge in [-0.2, -0.15) is 4.31 Å². The Morgan fingerprint density at radius 3 is 2.79 bits per heavy atom. The van der Waals surface area contributed by atoms with Crippen LogP contribution < -0.4 is 5.32 Å². The lowest BCUT2D eigenvalue weighted by molar-refractivity contribution is 0.271. The second-order valence-electron chi connectivity index (χ2n) is 5.53. The van der Waals surface area contributed by atoms with Crippen LogP contribution in [0.25, 0.3) is 0 Å². The average Bonchev–Trinajstić information content (AvgIpc) is 2.58. The molecule has 1 aromatic carbocycles. The highest BCUT2D eigenvalue weighted by atomic mass is 79.9. The summed E-state index contributed by atoms with van der Waals surface area (Å²) in [4.78, 5) is 4.43. The van der Waals surface area contributed by atoms with Gasteiger partial charge in [-0.05, 0) is 36.2 Å². The first-order valence-corrected chi connectivity index (χ1v) is 9.62. The maximum absolute atomic E-state index is 13.1. The van der Waals surface area contributed by atoms with Crippen LogP contribution in [0.15, 0.2) is 52.1 Å². The van der Waals surface area contributed by atoms with Crippen molar-refractivity contribution in [2.45, 2.75) is 17.9 Å². The Kier molecular flexibility index (Phi) is 6.39. The Labute approximate surface area is 157 Å². The van der Waals surface area contributed by atoms with Crippen LogP contribution >= 0.6 is 28.3 Å². The van der Waals surface area contributed by atoms with Crippen molar-refractivity contribution in [1.82, 2.24) is 14.6 Å². The molecule has 1 fully saturated rings. The van der Waals surface area contributed by atoms with Gasteiger partial charge in [0, 0.05) is 36.5 Å². The van der Waals surface area contributed by atoms with Crippen molar-refractivity contribution in [1.29, 1.82) is 0 Å². The summed E-state index contributed by atoms with van der Waals surface area (Å²) in [6.07, 6.45) is 3.42. The summed E-state index contributed by atoms with van der Waals surface area (Å²) in [5, 5.41) is 3.26. The fourth-order valence-electron chi connectivity index (χ4n) is 2.70. The Morgan fingerprint density at radius 1 is 1.33 bits per heavy atom. The molecule has 130 valence electrons. The van der Waals surface area contributed by atoms with Crippen molar-refractivity contribution in [2.24, 2.45) is 0 Å². The van der Waals surface area contributed by atoms with Gasteiger partial charge in [-0.1, -0.05) is 28.1 Å². The quantitative estimate of drug-likeness (QED) is 0.810. The number of aryl methyl sites for hydroxylation is 1. The number of piperazine rings is 1. The van der Waals surface area contributed by atoms with Gasteiger partial charge < -0.3 is 5.32 Å². The van der Waals surface area contributed by atoms with E-state index in [1.54, 1.807) is 28.8 Å². The second-order valence-corrected chi connectivity index (χ2v) is 8.28. The first-order chi connectivity index (χ1) is 11.0. The zero-order valence-corrected chi connectivity index (χ0v) is 16.4. The van der Waals surface area contributed by atoms with Gasteiger partial charge >= 0.3 is 0 Å². The highest BCUT2D eigenvalue weighted by molar-refractivity contribution is 9.10. The summed E-state index contributed by atoms with van der Waals surface area (Å²) in [7, 11) is -3.56. The molecule has 1 aliphatic heterocycles. The third-order valence-corrected chi connectivity index (χ3v) is 6.77. The van der Waals surface area contributed by atoms with Gasteiger partial charge in [0.1, 0.15) is 0 Å². The van der Waals surface area contributed by atoms with Crippen LogP contribution in [0.5, 0.6) is 0 Å². The molecule has 0 aliphatic carbocycles. The van der Waals surface area contributed by atoms with Gasteiger partial charge in [-0.25, -0.2) is 8.42 Å². The highest BCUT2D eigenvalue weighted by Gasteiger charge is 2.34. The lowest BCUT2D eigenvalue weighted by Gasteiger charge is -2.35. The first kappa shape index (κ1) is 19.3. The Balaban J connectivity index is 0.00000208. The van der Waals surface area contributed by atoms with Gasteiger partial charge in [0.15, 0.2) is 0 Å². The molecule has 1 saturated heterocycles. The molecule has 8 heteroatoms. The Morgan fingerprint density at radius 2 is 2.12 bits per heavy atom. The van der Waals surface area contributed by atoms with E-state index in [2.05, 4.69) is 26.2 Å². The fraction of sp³-hybridized carbons (Fsp3) is 0.312. The van der Waals surface area contributed by atoms with Gasteiger partial charge in [0.25, 0.3) is 0 Å². The monoisotopic (exact) mass is 431 g/mol. The number of aromatic nitrogens is 1. The van der Waals surface area contributed by atoms with Crippen LogP contribution in [0, 0.1) is 6.92 Å². The predicted molar refractivity (Wildman–Crippen MR) is 99.9 cm³/mol. The Hall–Kier alpha value is -0.990. The normalized spacial score (nSPS) is 18.8. The van der Waals surface area contributed by atoms with Crippen molar-refractivity contribution in [3.05, 3.63) is 58.3 Å². The number of hydrogen-bond donors (Lipinski definition) is 1. The number of benzene rings is 1. The van der Waals surface area contributed by atoms with E-state index in [4.69, 9.17) is 0 Å². The SMILES string of the molecule is Cc1ccc(S(=O)(=O)N2CCNCC2c2cccnc2)cc1Br.Cl. The minimum atomic E-state index is -3.56. The van der Waals surface area contributed by atoms with Crippen LogP contribution in [0.3, 0.4) is 0 Å². The fourth-order valence-corrected chi connectivity index (χ4v) is 4.87. The molecular formula is C16H19BrClN3O2S. The molecule has 0 bridgehead atoms. The molecule has 24 heavy (non-hydrogen) atoms. The number of sulfonamides is 1. The van der Waals surface area contributed by atoms with Crippen molar-refractivity contribution in [3.63, 3.8) is 0 Å². The lowest BCUT2D eigenvalue weighted by atomic mass is 10.1. The summed E-state index contributed by atoms with van der Waals surface area (Å²) in [6, 6.07) is 8.65. The molecule has 1 unspecified atom stereocenters. The molecule has 0 spiro atoms. The minimum Gasteiger partial charge on any atom is -0.313 e. The van der Waals surface area contributed by atoms with E-state index < -0.39 is 10.0 Å². The van der Waals surface area contributed by atoms with Gasteiger partial charge in [-0.3, -0.25) is 4.98 Å². The number of hydrogen-bond acceptors (Lipinski definition) is 4. The van der Waals surface area contributed by atoms with Crippen LogP contribution in [-0.2, 0) is 10.0 Å². The molecule has 5 nitrogen and oxygen atoms in total. The molecule has 2 aromatic rings. The maximum Gasteiger partial charge on any atom is 0.243 e. The molecule has 3 rings (SSSR count). The van der Waals surface area contributed by atoms with E-state index in [9.17, 15) is 8.42 Å². The van der Waals surface area contributed by atoms with Gasteiger partial charge in [-0.15, -0.1) is 12.4 Å². The van der Waals surface area contributed by atoms with Gasteiger partial charge in [0.2, 0.25) is 10.0 Å². The molecule has 1 N–H and O–H groups in total. The molecular weight excluding hydrogens is 414 g/mol. The third kappa shape index (κ3) is 3.81. The second kappa shape index (κ2) is 7.93. The summed E-state index contributed by atoms with van der Waals surface area (Å²) in [5.74, 6) is 0. The number of nitrogens with zero attached hydrogens (tertiary/aromatic N) is 2. The molecule has 1 aromatic heterocycles. The molecule has 0 saturated carbocycles. The molecule has 0 amide bonds. The maximum atomic E-state index is 13.1. The van der Waals surface area contributed by atoms with E-state index in [1.165, 1.54) is 0 Å². The molecule has 2 heterocycles. The molecule has 1 atom stereocenters. The van der Waals surface area contributed by atoms with Gasteiger partial charge in [0.05, 0.1) is 10.9 Å². The number of nitrogens with one attached hydrogen (secondary N) is 1. The van der Waals surface area contributed by atoms with Crippen molar-refractivity contribution >= 4 is 38.4 Å². The minimum absolute atomic E-state index is 0. The Bertz CT molecular complexity index is 802. The average molecular weight is 433 g/mol. The van der Waals surface area contributed by atoms with E-state index in [0.29, 0.717) is 24.5 Å². The summed E-state index contributed by atoms with van der Waals surface area (Å²) in [6.45, 7) is 3.60. The first-order valence-electron chi connectivity index (χ1n) is 7.39. The number of pyridine rings is 1. The highest BCUT2D eigenvalue weighted by Crippen LogP contribution is 2.30. The largest absolute Gasteiger partial charge is 0.313 e. The predicted octanol–water partition coefficient (Wildman–Crippen LogP) is 2.91. The smallest absolute Gasteiger partial charge is 0.243 e. The van der Waals surface area contributed by atoms with Crippen LogP contribution in [0.2, 0.25) is 0 Å². The number of halogens is 2. The molecule has 1 aliphatic rings. The third-order valence-electron chi connectivity index (χ3n) is 4.01. The summed E-state index contributed by atoms with van der Waals surface area (Å²) in [5.41, 5.74) is 1.91. The lowest BCUT2D eigenvalue weighted by Crippen LogP contribution is -2.48. The standard InChI is InChI=1S/C16H18BrN3O2S.ClH/c1-12-4-5-14(9-15(12)17)23(21,22)20-8-7-19-11-16(20)13-3-2-6-18-10-13;/h2-6,9-10,16,19H,7-8,11H2,1H3;1H. The topological polar surface area (TPSA) is 62.3 Å². The zero-order valence-electron chi connectivity index (χ0n) is 13.1.